The zero-order valence-electron chi connectivity index (χ0n) is 11.6. The first-order valence-electron chi connectivity index (χ1n) is 6.70. The zero-order chi connectivity index (χ0) is 15.1. The van der Waals surface area contributed by atoms with Gasteiger partial charge in [-0.05, 0) is 24.3 Å². The van der Waals surface area contributed by atoms with Crippen LogP contribution in [0.25, 0.3) is 0 Å². The fourth-order valence-corrected chi connectivity index (χ4v) is 2.06. The molecule has 3 N–H and O–H groups in total. The van der Waals surface area contributed by atoms with Crippen LogP contribution in [-0.2, 0) is 4.74 Å². The van der Waals surface area contributed by atoms with E-state index in [-0.39, 0.29) is 12.0 Å². The number of nitrogens with one attached hydrogen (secondary N) is 1. The molecule has 0 aromatic heterocycles. The number of hydrogen-bond acceptors (Lipinski definition) is 6. The second kappa shape index (κ2) is 7.59. The predicted molar refractivity (Wildman–Crippen MR) is 75.4 cm³/mol. The standard InChI is InChI=1S/C14H18N4O3/c15-9-13-10-18(6-8-21-13)5-7-20-12-3-1-11(2-4-12)14(19)17-16/h1-4,13H,5-8,10,16H2,(H,17,19). The molecule has 7 nitrogen and oxygen atoms in total. The quantitative estimate of drug-likeness (QED) is 0.446. The van der Waals surface area contributed by atoms with Crippen molar-refractivity contribution in [3.8, 4) is 11.8 Å². The molecule has 21 heavy (non-hydrogen) atoms. The lowest BCUT2D eigenvalue weighted by Gasteiger charge is -2.29. The Bertz CT molecular complexity index is 512. The summed E-state index contributed by atoms with van der Waals surface area (Å²) < 4.78 is 10.9. The molecule has 112 valence electrons. The minimum absolute atomic E-state index is 0.336. The van der Waals surface area contributed by atoms with Crippen LogP contribution in [0.4, 0.5) is 0 Å². The van der Waals surface area contributed by atoms with E-state index < -0.39 is 0 Å². The van der Waals surface area contributed by atoms with Crippen LogP contribution in [0.2, 0.25) is 0 Å². The number of carbonyl (C=O) groups is 1. The number of nitrogen functional groups attached to an aromatic ring is 1. The Morgan fingerprint density at radius 2 is 2.29 bits per heavy atom. The molecule has 2 rings (SSSR count). The number of nitrogens with zero attached hydrogens (tertiary/aromatic N) is 2. The molecule has 1 aromatic carbocycles. The van der Waals surface area contributed by atoms with Crippen LogP contribution in [-0.4, -0.2) is 49.8 Å². The SMILES string of the molecule is N#CC1CN(CCOc2ccc(C(=O)NN)cc2)CCO1. The molecule has 1 fully saturated rings. The summed E-state index contributed by atoms with van der Waals surface area (Å²) in [5.41, 5.74) is 2.55. The number of ether oxygens (including phenoxy) is 2. The average molecular weight is 290 g/mol. The van der Waals surface area contributed by atoms with Gasteiger partial charge in [0.25, 0.3) is 5.91 Å². The van der Waals surface area contributed by atoms with E-state index in [1.54, 1.807) is 24.3 Å². The lowest BCUT2D eigenvalue weighted by atomic mass is 10.2. The first-order chi connectivity index (χ1) is 10.2. The van der Waals surface area contributed by atoms with E-state index in [0.29, 0.717) is 31.1 Å². The number of carbonyl (C=O) groups excluding carboxylic acids is 1. The van der Waals surface area contributed by atoms with Gasteiger partial charge in [-0.25, -0.2) is 5.84 Å². The largest absolute Gasteiger partial charge is 0.492 e. The smallest absolute Gasteiger partial charge is 0.265 e. The van der Waals surface area contributed by atoms with Gasteiger partial charge in [-0.3, -0.25) is 15.1 Å². The highest BCUT2D eigenvalue weighted by atomic mass is 16.5. The topological polar surface area (TPSA) is 101 Å². The van der Waals surface area contributed by atoms with Gasteiger partial charge in [-0.15, -0.1) is 0 Å². The van der Waals surface area contributed by atoms with Gasteiger partial charge in [-0.1, -0.05) is 0 Å². The maximum absolute atomic E-state index is 11.3. The summed E-state index contributed by atoms with van der Waals surface area (Å²) in [6.45, 7) is 3.22. The van der Waals surface area contributed by atoms with Gasteiger partial charge in [0.15, 0.2) is 6.10 Å². The molecular formula is C14H18N4O3. The highest BCUT2D eigenvalue weighted by Gasteiger charge is 2.19. The Kier molecular flexibility index (Phi) is 5.51. The van der Waals surface area contributed by atoms with Crippen molar-refractivity contribution in [1.82, 2.24) is 10.3 Å². The monoisotopic (exact) mass is 290 g/mol. The van der Waals surface area contributed by atoms with Gasteiger partial charge in [-0.2, -0.15) is 5.26 Å². The fraction of sp³-hybridized carbons (Fsp3) is 0.429. The van der Waals surface area contributed by atoms with Crippen molar-refractivity contribution in [3.63, 3.8) is 0 Å². The second-order valence-electron chi connectivity index (χ2n) is 4.64. The van der Waals surface area contributed by atoms with Crippen molar-refractivity contribution < 1.29 is 14.3 Å². The number of nitrogens with two attached hydrogens (primary N) is 1. The first kappa shape index (κ1) is 15.3. The first-order valence-corrected chi connectivity index (χ1v) is 6.70. The molecule has 1 unspecified atom stereocenters. The highest BCUT2D eigenvalue weighted by Crippen LogP contribution is 2.12. The third kappa shape index (κ3) is 4.43. The van der Waals surface area contributed by atoms with E-state index in [9.17, 15) is 4.79 Å². The molecule has 1 aliphatic heterocycles. The zero-order valence-corrected chi connectivity index (χ0v) is 11.6. The van der Waals surface area contributed by atoms with E-state index in [1.807, 2.05) is 0 Å². The molecule has 1 heterocycles. The Morgan fingerprint density at radius 1 is 1.52 bits per heavy atom. The number of rotatable bonds is 5. The van der Waals surface area contributed by atoms with Crippen molar-refractivity contribution in [2.45, 2.75) is 6.10 Å². The summed E-state index contributed by atoms with van der Waals surface area (Å²) in [6, 6.07) is 8.86. The van der Waals surface area contributed by atoms with Crippen LogP contribution in [0.3, 0.4) is 0 Å². The molecule has 1 aromatic rings. The molecule has 7 heteroatoms. The van der Waals surface area contributed by atoms with Crippen LogP contribution >= 0.6 is 0 Å². The van der Waals surface area contributed by atoms with Crippen LogP contribution in [0.1, 0.15) is 10.4 Å². The van der Waals surface area contributed by atoms with Crippen LogP contribution in [0, 0.1) is 11.3 Å². The maximum Gasteiger partial charge on any atom is 0.265 e. The van der Waals surface area contributed by atoms with Gasteiger partial charge >= 0.3 is 0 Å². The number of hydrogen-bond donors (Lipinski definition) is 2. The third-order valence-electron chi connectivity index (χ3n) is 3.22. The number of hydrazine groups is 1. The van der Waals surface area contributed by atoms with Crippen LogP contribution in [0.15, 0.2) is 24.3 Å². The summed E-state index contributed by atoms with van der Waals surface area (Å²) in [5.74, 6) is 5.41. The van der Waals surface area contributed by atoms with Crippen LogP contribution < -0.4 is 16.0 Å². The summed E-state index contributed by atoms with van der Waals surface area (Å²) in [5, 5.41) is 8.83. The number of benzene rings is 1. The van der Waals surface area contributed by atoms with Crippen molar-refractivity contribution in [2.24, 2.45) is 5.84 Å². The maximum atomic E-state index is 11.3. The minimum atomic E-state index is -0.354. The van der Waals surface area contributed by atoms with Crippen molar-refractivity contribution in [2.75, 3.05) is 32.8 Å². The molecule has 0 saturated carbocycles. The third-order valence-corrected chi connectivity index (χ3v) is 3.22. The Hall–Kier alpha value is -2.14. The Morgan fingerprint density at radius 3 is 2.95 bits per heavy atom. The molecule has 0 bridgehead atoms. The van der Waals surface area contributed by atoms with E-state index in [2.05, 4.69) is 16.4 Å². The summed E-state index contributed by atoms with van der Waals surface area (Å²) >= 11 is 0. The summed E-state index contributed by atoms with van der Waals surface area (Å²) in [7, 11) is 0. The second-order valence-corrected chi connectivity index (χ2v) is 4.64. The normalized spacial score (nSPS) is 18.8. The lowest BCUT2D eigenvalue weighted by molar-refractivity contribution is -0.00334. The molecule has 0 aliphatic carbocycles. The molecule has 1 amide bonds. The van der Waals surface area contributed by atoms with E-state index in [4.69, 9.17) is 20.6 Å². The number of morpholine rings is 1. The van der Waals surface area contributed by atoms with E-state index >= 15 is 0 Å². The van der Waals surface area contributed by atoms with Gasteiger partial charge in [0.1, 0.15) is 12.4 Å². The van der Waals surface area contributed by atoms with Gasteiger partial charge in [0.05, 0.1) is 12.7 Å². The number of nitriles is 1. The van der Waals surface area contributed by atoms with Crippen molar-refractivity contribution in [1.29, 1.82) is 5.26 Å². The predicted octanol–water partition coefficient (Wildman–Crippen LogP) is -0.107. The minimum Gasteiger partial charge on any atom is -0.492 e. The van der Waals surface area contributed by atoms with Gasteiger partial charge in [0, 0.05) is 25.2 Å². The van der Waals surface area contributed by atoms with Gasteiger partial charge < -0.3 is 9.47 Å². The lowest BCUT2D eigenvalue weighted by Crippen LogP contribution is -2.43. The molecule has 1 aliphatic rings. The molecule has 0 radical (unpaired) electrons. The summed E-state index contributed by atoms with van der Waals surface area (Å²) in [6.07, 6.45) is -0.354. The molecule has 1 atom stereocenters. The Balaban J connectivity index is 1.76. The van der Waals surface area contributed by atoms with E-state index in [1.165, 1.54) is 0 Å². The van der Waals surface area contributed by atoms with Crippen LogP contribution in [0.5, 0.6) is 5.75 Å². The van der Waals surface area contributed by atoms with Crippen molar-refractivity contribution in [3.05, 3.63) is 29.8 Å². The van der Waals surface area contributed by atoms with Gasteiger partial charge in [0.2, 0.25) is 0 Å². The highest BCUT2D eigenvalue weighted by molar-refractivity contribution is 5.93. The molecule has 1 saturated heterocycles. The van der Waals surface area contributed by atoms with Crippen molar-refractivity contribution >= 4 is 5.91 Å². The Labute approximate surface area is 123 Å². The molecule has 0 spiro atoms. The average Bonchev–Trinajstić information content (AvgIpc) is 2.55. The molecular weight excluding hydrogens is 272 g/mol. The number of amides is 1. The fourth-order valence-electron chi connectivity index (χ4n) is 2.06. The summed E-state index contributed by atoms with van der Waals surface area (Å²) in [4.78, 5) is 13.4. The van der Waals surface area contributed by atoms with E-state index in [0.717, 1.165) is 13.1 Å².